The van der Waals surface area contributed by atoms with Gasteiger partial charge < -0.3 is 43.4 Å². The Balaban J connectivity index is 2.99. The number of aliphatic carboxylic acids is 1. The molecule has 5 amide bonds. The van der Waals surface area contributed by atoms with E-state index >= 15 is 0 Å². The van der Waals surface area contributed by atoms with Crippen LogP contribution >= 0.6 is 0 Å². The first-order valence-corrected chi connectivity index (χ1v) is 10.9. The number of nitrogens with two attached hydrogens (primary N) is 3. The summed E-state index contributed by atoms with van der Waals surface area (Å²) in [6.45, 7) is 3.08. The Morgan fingerprint density at radius 1 is 0.806 bits per heavy atom. The number of benzene rings is 1. The average molecular weight is 509 g/mol. The van der Waals surface area contributed by atoms with Crippen molar-refractivity contribution in [3.63, 3.8) is 0 Å². The van der Waals surface area contributed by atoms with Crippen molar-refractivity contribution in [3.8, 4) is 5.75 Å². The number of aromatic hydroxyl groups is 1. The largest absolute Gasteiger partial charge is 0.508 e. The second kappa shape index (κ2) is 13.6. The highest BCUT2D eigenvalue weighted by molar-refractivity contribution is 5.97. The van der Waals surface area contributed by atoms with Crippen molar-refractivity contribution < 1.29 is 39.0 Å². The molecule has 0 spiro atoms. The van der Waals surface area contributed by atoms with E-state index in [0.29, 0.717) is 5.56 Å². The van der Waals surface area contributed by atoms with Gasteiger partial charge in [0.15, 0.2) is 0 Å². The Bertz CT molecular complexity index is 981. The van der Waals surface area contributed by atoms with Gasteiger partial charge in [-0.3, -0.25) is 24.0 Å². The molecule has 11 N–H and O–H groups in total. The number of phenols is 1. The number of hydrogen-bond acceptors (Lipinski definition) is 8. The number of primary amides is 2. The van der Waals surface area contributed by atoms with Crippen LogP contribution in [0.25, 0.3) is 0 Å². The van der Waals surface area contributed by atoms with Crippen LogP contribution in [0.1, 0.15) is 32.3 Å². The summed E-state index contributed by atoms with van der Waals surface area (Å²) in [4.78, 5) is 72.4. The Hall–Kier alpha value is -4.20. The lowest BCUT2D eigenvalue weighted by Gasteiger charge is -2.25. The highest BCUT2D eigenvalue weighted by Gasteiger charge is 2.32. The molecule has 4 unspecified atom stereocenters. The van der Waals surface area contributed by atoms with Gasteiger partial charge in [-0.2, -0.15) is 0 Å². The average Bonchev–Trinajstić information content (AvgIpc) is 2.76. The monoisotopic (exact) mass is 508 g/mol. The quantitative estimate of drug-likeness (QED) is 0.129. The lowest BCUT2D eigenvalue weighted by atomic mass is 10.0. The molecule has 0 heterocycles. The zero-order valence-corrected chi connectivity index (χ0v) is 19.9. The molecule has 14 nitrogen and oxygen atoms in total. The van der Waals surface area contributed by atoms with Crippen molar-refractivity contribution in [2.45, 2.75) is 57.3 Å². The number of carboxylic acid groups (broad SMARTS) is 1. The summed E-state index contributed by atoms with van der Waals surface area (Å²) in [7, 11) is 0. The summed E-state index contributed by atoms with van der Waals surface area (Å²) in [5, 5.41) is 25.3. The van der Waals surface area contributed by atoms with Crippen molar-refractivity contribution in [2.24, 2.45) is 23.1 Å². The van der Waals surface area contributed by atoms with Crippen LogP contribution in [0.15, 0.2) is 24.3 Å². The van der Waals surface area contributed by atoms with Crippen LogP contribution in [-0.4, -0.2) is 69.9 Å². The van der Waals surface area contributed by atoms with Crippen LogP contribution < -0.4 is 33.2 Å². The molecule has 1 aromatic carbocycles. The fourth-order valence-corrected chi connectivity index (χ4v) is 3.12. The van der Waals surface area contributed by atoms with Gasteiger partial charge in [-0.15, -0.1) is 0 Å². The van der Waals surface area contributed by atoms with Crippen molar-refractivity contribution in [1.82, 2.24) is 16.0 Å². The third kappa shape index (κ3) is 9.97. The van der Waals surface area contributed by atoms with Crippen molar-refractivity contribution in [2.75, 3.05) is 0 Å². The lowest BCUT2D eigenvalue weighted by molar-refractivity contribution is -0.143. The maximum Gasteiger partial charge on any atom is 0.326 e. The second-order valence-electron chi connectivity index (χ2n) is 8.51. The summed E-state index contributed by atoms with van der Waals surface area (Å²) < 4.78 is 0. The molecule has 0 fully saturated rings. The van der Waals surface area contributed by atoms with Crippen molar-refractivity contribution in [3.05, 3.63) is 29.8 Å². The van der Waals surface area contributed by atoms with Crippen LogP contribution in [0.4, 0.5) is 0 Å². The van der Waals surface area contributed by atoms with Crippen LogP contribution in [0.2, 0.25) is 0 Å². The highest BCUT2D eigenvalue weighted by atomic mass is 16.4. The van der Waals surface area contributed by atoms with Crippen LogP contribution in [0.5, 0.6) is 5.75 Å². The van der Waals surface area contributed by atoms with E-state index in [-0.39, 0.29) is 12.2 Å². The van der Waals surface area contributed by atoms with Crippen LogP contribution in [0.3, 0.4) is 0 Å². The number of phenolic OH excluding ortho intramolecular Hbond substituents is 1. The number of carbonyl (C=O) groups excluding carboxylic acids is 5. The molecule has 4 atom stereocenters. The van der Waals surface area contributed by atoms with Gasteiger partial charge in [0.05, 0.1) is 18.9 Å². The maximum atomic E-state index is 12.8. The lowest BCUT2D eigenvalue weighted by Crippen LogP contribution is -2.58. The number of rotatable bonds is 14. The highest BCUT2D eigenvalue weighted by Crippen LogP contribution is 2.11. The Kier molecular flexibility index (Phi) is 11.3. The predicted molar refractivity (Wildman–Crippen MR) is 126 cm³/mol. The number of nitrogens with one attached hydrogen (secondary N) is 3. The van der Waals surface area contributed by atoms with Crippen LogP contribution in [-0.2, 0) is 35.2 Å². The molecule has 0 saturated heterocycles. The van der Waals surface area contributed by atoms with Gasteiger partial charge >= 0.3 is 5.97 Å². The summed E-state index contributed by atoms with van der Waals surface area (Å²) in [5.74, 6) is -6.62. The zero-order valence-electron chi connectivity index (χ0n) is 19.9. The number of hydrogen-bond donors (Lipinski definition) is 8. The van der Waals surface area contributed by atoms with Gasteiger partial charge in [-0.25, -0.2) is 4.79 Å². The van der Waals surface area contributed by atoms with Gasteiger partial charge in [0.1, 0.15) is 23.9 Å². The molecule has 0 saturated carbocycles. The van der Waals surface area contributed by atoms with E-state index < -0.39 is 78.4 Å². The molecule has 0 aliphatic rings. The number of carbonyl (C=O) groups is 6. The fourth-order valence-electron chi connectivity index (χ4n) is 3.12. The molecular weight excluding hydrogens is 476 g/mol. The summed E-state index contributed by atoms with van der Waals surface area (Å²) >= 11 is 0. The Labute approximate surface area is 206 Å². The topological polar surface area (TPSA) is 257 Å². The molecule has 0 bridgehead atoms. The van der Waals surface area contributed by atoms with Gasteiger partial charge in [-0.05, 0) is 30.0 Å². The van der Waals surface area contributed by atoms with Crippen molar-refractivity contribution in [1.29, 1.82) is 0 Å². The summed E-state index contributed by atoms with van der Waals surface area (Å²) in [6, 6.07) is 0.296. The molecular formula is C22H32N6O8. The van der Waals surface area contributed by atoms with Gasteiger partial charge in [0.25, 0.3) is 0 Å². The third-order valence-corrected chi connectivity index (χ3v) is 5.04. The van der Waals surface area contributed by atoms with E-state index in [2.05, 4.69) is 16.0 Å². The first-order valence-electron chi connectivity index (χ1n) is 10.9. The van der Waals surface area contributed by atoms with E-state index in [4.69, 9.17) is 17.2 Å². The van der Waals surface area contributed by atoms with Gasteiger partial charge in [0, 0.05) is 0 Å². The van der Waals surface area contributed by atoms with Gasteiger partial charge in [-0.1, -0.05) is 26.0 Å². The number of carboxylic acids is 1. The Morgan fingerprint density at radius 3 is 1.67 bits per heavy atom. The fraction of sp³-hybridized carbons (Fsp3) is 0.455. The normalized spacial score (nSPS) is 14.1. The Morgan fingerprint density at radius 2 is 1.25 bits per heavy atom. The minimum Gasteiger partial charge on any atom is -0.508 e. The molecule has 0 aromatic heterocycles. The van der Waals surface area contributed by atoms with Crippen LogP contribution in [0, 0.1) is 5.92 Å². The third-order valence-electron chi connectivity index (χ3n) is 5.04. The number of amides is 5. The standard InChI is InChI=1S/C22H32N6O8/c1-10(2)18(22(35)36)28-21(34)15(9-17(25)31)27-20(33)14(8-16(24)30)26-19(32)13(23)7-11-3-5-12(29)6-4-11/h3-6,10,13-15,18,29H,7-9,23H2,1-2H3,(H2,24,30)(H2,25,31)(H,26,32)(H,27,33)(H,28,34)(H,35,36). The molecule has 1 aromatic rings. The molecule has 1 rings (SSSR count). The molecule has 0 radical (unpaired) electrons. The second-order valence-corrected chi connectivity index (χ2v) is 8.51. The van der Waals surface area contributed by atoms with E-state index in [1.807, 2.05) is 0 Å². The van der Waals surface area contributed by atoms with Gasteiger partial charge in [0.2, 0.25) is 29.5 Å². The first-order chi connectivity index (χ1) is 16.7. The summed E-state index contributed by atoms with van der Waals surface area (Å²) in [6.07, 6.45) is -1.30. The first kappa shape index (κ1) is 29.8. The predicted octanol–water partition coefficient (Wildman–Crippen LogP) is -2.79. The molecule has 198 valence electrons. The van der Waals surface area contributed by atoms with E-state index in [9.17, 15) is 39.0 Å². The molecule has 36 heavy (non-hydrogen) atoms. The SMILES string of the molecule is CC(C)C(NC(=O)C(CC(N)=O)NC(=O)C(CC(N)=O)NC(=O)C(N)Cc1ccc(O)cc1)C(=O)O. The molecule has 0 aliphatic heterocycles. The smallest absolute Gasteiger partial charge is 0.326 e. The summed E-state index contributed by atoms with van der Waals surface area (Å²) in [5.41, 5.74) is 16.8. The maximum absolute atomic E-state index is 12.8. The van der Waals surface area contributed by atoms with E-state index in [0.717, 1.165) is 0 Å². The minimum absolute atomic E-state index is 0.0209. The van der Waals surface area contributed by atoms with E-state index in [1.165, 1.54) is 12.1 Å². The van der Waals surface area contributed by atoms with Crippen molar-refractivity contribution >= 4 is 35.5 Å². The molecule has 14 heteroatoms. The molecule has 0 aliphatic carbocycles. The minimum atomic E-state index is -1.59. The zero-order chi connectivity index (χ0) is 27.6. The van der Waals surface area contributed by atoms with E-state index in [1.54, 1.807) is 26.0 Å².